The molecule has 2 aromatic rings. The van der Waals surface area contributed by atoms with Crippen LogP contribution in [0.5, 0.6) is 0 Å². The summed E-state index contributed by atoms with van der Waals surface area (Å²) in [6, 6.07) is 3.69. The van der Waals surface area contributed by atoms with Gasteiger partial charge in [0.15, 0.2) is 5.78 Å². The van der Waals surface area contributed by atoms with Crippen LogP contribution in [0.15, 0.2) is 46.7 Å². The van der Waals surface area contributed by atoms with Crippen LogP contribution in [0.3, 0.4) is 0 Å². The molecule has 0 bridgehead atoms. The van der Waals surface area contributed by atoms with Gasteiger partial charge in [-0.3, -0.25) is 9.48 Å². The zero-order valence-electron chi connectivity index (χ0n) is 11.3. The minimum absolute atomic E-state index is 0.0437. The predicted molar refractivity (Wildman–Crippen MR) is 73.8 cm³/mol. The summed E-state index contributed by atoms with van der Waals surface area (Å²) in [6.07, 6.45) is 8.55. The molecule has 0 saturated heterocycles. The Morgan fingerprint density at radius 1 is 1.42 bits per heavy atom. The first-order valence-corrected chi connectivity index (χ1v) is 6.01. The van der Waals surface area contributed by atoms with Crippen LogP contribution in [0.25, 0.3) is 6.08 Å². The fourth-order valence-electron chi connectivity index (χ4n) is 1.78. The summed E-state index contributed by atoms with van der Waals surface area (Å²) >= 11 is 0. The van der Waals surface area contributed by atoms with E-state index in [1.54, 1.807) is 36.3 Å². The van der Waals surface area contributed by atoms with Gasteiger partial charge in [0.1, 0.15) is 5.76 Å². The van der Waals surface area contributed by atoms with Gasteiger partial charge >= 0.3 is 0 Å². The number of hydrogen-bond donors (Lipinski definition) is 0. The fourth-order valence-corrected chi connectivity index (χ4v) is 1.78. The third kappa shape index (κ3) is 3.31. The Morgan fingerprint density at radius 3 is 2.79 bits per heavy atom. The Bertz CT molecular complexity index is 631. The van der Waals surface area contributed by atoms with Gasteiger partial charge in [-0.25, -0.2) is 0 Å². The maximum Gasteiger partial charge on any atom is 0.189 e. The summed E-state index contributed by atoms with van der Waals surface area (Å²) in [7, 11) is 1.80. The number of carbonyl (C=O) groups is 1. The molecule has 4 nitrogen and oxygen atoms in total. The van der Waals surface area contributed by atoms with Gasteiger partial charge in [0.05, 0.1) is 17.5 Å². The molecule has 0 atom stereocenters. The molecule has 19 heavy (non-hydrogen) atoms. The zero-order valence-corrected chi connectivity index (χ0v) is 11.3. The van der Waals surface area contributed by atoms with Crippen LogP contribution in [-0.2, 0) is 7.05 Å². The molecular formula is C15H16N2O2. The molecule has 0 amide bonds. The lowest BCUT2D eigenvalue weighted by Gasteiger charge is -1.93. The maximum absolute atomic E-state index is 12.0. The van der Waals surface area contributed by atoms with E-state index >= 15 is 0 Å². The molecule has 0 saturated carbocycles. The molecule has 0 spiro atoms. The average Bonchev–Trinajstić information content (AvgIpc) is 2.96. The fraction of sp³-hybridized carbons (Fsp3) is 0.200. The van der Waals surface area contributed by atoms with Crippen LogP contribution < -0.4 is 0 Å². The summed E-state index contributed by atoms with van der Waals surface area (Å²) in [5.74, 6) is 0.727. The number of ketones is 1. The Balaban J connectivity index is 2.10. The summed E-state index contributed by atoms with van der Waals surface area (Å²) in [5.41, 5.74) is 2.32. The number of rotatable bonds is 4. The highest BCUT2D eigenvalue weighted by Gasteiger charge is 2.09. The van der Waals surface area contributed by atoms with E-state index in [2.05, 4.69) is 5.10 Å². The van der Waals surface area contributed by atoms with Crippen molar-refractivity contribution in [2.75, 3.05) is 0 Å². The number of hydrogen-bond acceptors (Lipinski definition) is 3. The largest absolute Gasteiger partial charge is 0.465 e. The van der Waals surface area contributed by atoms with Gasteiger partial charge in [-0.05, 0) is 43.7 Å². The van der Waals surface area contributed by atoms with Gasteiger partial charge in [-0.1, -0.05) is 6.08 Å². The molecule has 0 aliphatic rings. The number of allylic oxidation sites excluding steroid dienone is 3. The molecule has 0 radical (unpaired) electrons. The van der Waals surface area contributed by atoms with E-state index in [0.29, 0.717) is 5.56 Å². The highest BCUT2D eigenvalue weighted by Crippen LogP contribution is 2.10. The van der Waals surface area contributed by atoms with Gasteiger partial charge in [0, 0.05) is 13.2 Å². The van der Waals surface area contributed by atoms with Gasteiger partial charge in [0.25, 0.3) is 0 Å². The van der Waals surface area contributed by atoms with Crippen molar-refractivity contribution < 1.29 is 9.21 Å². The second-order valence-corrected chi connectivity index (χ2v) is 4.40. The summed E-state index contributed by atoms with van der Waals surface area (Å²) in [4.78, 5) is 12.0. The monoisotopic (exact) mass is 256 g/mol. The van der Waals surface area contributed by atoms with Crippen LogP contribution in [0.2, 0.25) is 0 Å². The molecule has 2 rings (SSSR count). The van der Waals surface area contributed by atoms with Crippen molar-refractivity contribution in [3.63, 3.8) is 0 Å². The zero-order chi connectivity index (χ0) is 13.8. The van der Waals surface area contributed by atoms with Crippen molar-refractivity contribution in [2.24, 2.45) is 7.05 Å². The third-order valence-corrected chi connectivity index (χ3v) is 2.69. The first kappa shape index (κ1) is 13.1. The maximum atomic E-state index is 12.0. The predicted octanol–water partition coefficient (Wildman–Crippen LogP) is 3.16. The van der Waals surface area contributed by atoms with Crippen molar-refractivity contribution in [1.82, 2.24) is 9.78 Å². The van der Waals surface area contributed by atoms with Crippen molar-refractivity contribution in [2.45, 2.75) is 13.8 Å². The standard InChI is InChI=1S/C15H16N2O2/c1-11(9-13-5-4-8-19-13)6-7-15(18)14-10-17(3)16-12(14)2/h4-10H,1-3H3/b7-6+,11-9+. The van der Waals surface area contributed by atoms with Crippen molar-refractivity contribution in [1.29, 1.82) is 0 Å². The highest BCUT2D eigenvalue weighted by molar-refractivity contribution is 6.05. The van der Waals surface area contributed by atoms with E-state index in [9.17, 15) is 4.79 Å². The van der Waals surface area contributed by atoms with Gasteiger partial charge in [-0.15, -0.1) is 0 Å². The quantitative estimate of drug-likeness (QED) is 0.479. The van der Waals surface area contributed by atoms with E-state index in [-0.39, 0.29) is 5.78 Å². The van der Waals surface area contributed by atoms with Crippen LogP contribution in [0, 0.1) is 6.92 Å². The van der Waals surface area contributed by atoms with E-state index in [4.69, 9.17) is 4.42 Å². The summed E-state index contributed by atoms with van der Waals surface area (Å²) in [5, 5.41) is 4.15. The SMILES string of the molecule is CC(/C=C/C(=O)c1cn(C)nc1C)=C\c1ccco1. The molecule has 98 valence electrons. The van der Waals surface area contributed by atoms with E-state index in [0.717, 1.165) is 17.0 Å². The number of aryl methyl sites for hydroxylation is 2. The molecule has 0 aromatic carbocycles. The van der Waals surface area contributed by atoms with Crippen LogP contribution in [0.1, 0.15) is 28.7 Å². The minimum atomic E-state index is -0.0437. The second-order valence-electron chi connectivity index (χ2n) is 4.40. The van der Waals surface area contributed by atoms with Crippen molar-refractivity contribution >= 4 is 11.9 Å². The molecule has 2 aromatic heterocycles. The molecule has 0 unspecified atom stereocenters. The van der Waals surface area contributed by atoms with Crippen molar-refractivity contribution in [3.05, 3.63) is 59.3 Å². The van der Waals surface area contributed by atoms with Gasteiger partial charge < -0.3 is 4.42 Å². The Labute approximate surface area is 112 Å². The lowest BCUT2D eigenvalue weighted by atomic mass is 10.1. The van der Waals surface area contributed by atoms with Crippen molar-refractivity contribution in [3.8, 4) is 0 Å². The first-order chi connectivity index (χ1) is 9.06. The second kappa shape index (κ2) is 5.52. The first-order valence-electron chi connectivity index (χ1n) is 6.01. The third-order valence-electron chi connectivity index (χ3n) is 2.69. The molecule has 0 aliphatic heterocycles. The lowest BCUT2D eigenvalue weighted by Crippen LogP contribution is -1.94. The topological polar surface area (TPSA) is 48.0 Å². The molecule has 0 N–H and O–H groups in total. The van der Waals surface area contributed by atoms with E-state index in [1.165, 1.54) is 0 Å². The number of furan rings is 1. The number of carbonyl (C=O) groups excluding carboxylic acids is 1. The minimum Gasteiger partial charge on any atom is -0.465 e. The molecule has 0 aliphatic carbocycles. The lowest BCUT2D eigenvalue weighted by molar-refractivity contribution is 0.104. The Morgan fingerprint density at radius 2 is 2.21 bits per heavy atom. The number of aromatic nitrogens is 2. The summed E-state index contributed by atoms with van der Waals surface area (Å²) in [6.45, 7) is 3.75. The Kier molecular flexibility index (Phi) is 3.80. The molecule has 2 heterocycles. The van der Waals surface area contributed by atoms with Gasteiger partial charge in [-0.2, -0.15) is 5.10 Å². The van der Waals surface area contributed by atoms with E-state index in [1.807, 2.05) is 32.1 Å². The van der Waals surface area contributed by atoms with E-state index < -0.39 is 0 Å². The van der Waals surface area contributed by atoms with Crippen LogP contribution in [0.4, 0.5) is 0 Å². The Hall–Kier alpha value is -2.36. The normalized spacial score (nSPS) is 12.3. The van der Waals surface area contributed by atoms with Gasteiger partial charge in [0.2, 0.25) is 0 Å². The van der Waals surface area contributed by atoms with Crippen LogP contribution >= 0.6 is 0 Å². The molecule has 0 fully saturated rings. The summed E-state index contributed by atoms with van der Waals surface area (Å²) < 4.78 is 6.85. The molecular weight excluding hydrogens is 240 g/mol. The number of nitrogens with zero attached hydrogens (tertiary/aromatic N) is 2. The molecule has 4 heteroatoms. The van der Waals surface area contributed by atoms with Crippen LogP contribution in [-0.4, -0.2) is 15.6 Å². The smallest absolute Gasteiger partial charge is 0.189 e. The average molecular weight is 256 g/mol. The highest BCUT2D eigenvalue weighted by atomic mass is 16.3.